The fraction of sp³-hybridized carbons (Fsp3) is 0.476. The molecule has 0 aliphatic carbocycles. The van der Waals surface area contributed by atoms with E-state index < -0.39 is 25.0 Å². The molecule has 0 spiro atoms. The number of halogens is 1. The third-order valence-corrected chi connectivity index (χ3v) is 5.59. The highest BCUT2D eigenvalue weighted by molar-refractivity contribution is 6.62. The van der Waals surface area contributed by atoms with Gasteiger partial charge in [-0.25, -0.2) is 15.2 Å². The lowest BCUT2D eigenvalue weighted by Crippen LogP contribution is -2.41. The van der Waals surface area contributed by atoms with Crippen molar-refractivity contribution in [2.24, 2.45) is 5.84 Å². The Morgan fingerprint density at radius 3 is 2.39 bits per heavy atom. The molecule has 1 aromatic carbocycles. The van der Waals surface area contributed by atoms with Gasteiger partial charge in [-0.2, -0.15) is 0 Å². The molecule has 1 aromatic heterocycles. The maximum absolute atomic E-state index is 13.0. The molecule has 5 nitrogen and oxygen atoms in total. The first kappa shape index (κ1) is 20.8. The van der Waals surface area contributed by atoms with Crippen molar-refractivity contribution in [3.8, 4) is 0 Å². The zero-order valence-corrected chi connectivity index (χ0v) is 17.3. The van der Waals surface area contributed by atoms with Crippen molar-refractivity contribution < 1.29 is 13.7 Å². The van der Waals surface area contributed by atoms with Gasteiger partial charge >= 0.3 is 7.12 Å². The SMILES string of the molecule is CCCc1ccc(B2OC(C)(C)C(C)(C)O2)cc1N(N)c1cccc(CF)n1. The molecule has 1 aliphatic rings. The van der Waals surface area contributed by atoms with E-state index in [0.717, 1.165) is 29.6 Å². The third-order valence-electron chi connectivity index (χ3n) is 5.59. The van der Waals surface area contributed by atoms with Crippen LogP contribution in [0.25, 0.3) is 0 Å². The average Bonchev–Trinajstić information content (AvgIpc) is 2.89. The van der Waals surface area contributed by atoms with Crippen molar-refractivity contribution in [3.05, 3.63) is 47.7 Å². The Morgan fingerprint density at radius 1 is 1.11 bits per heavy atom. The summed E-state index contributed by atoms with van der Waals surface area (Å²) in [5, 5.41) is 1.51. The van der Waals surface area contributed by atoms with Gasteiger partial charge in [0.25, 0.3) is 0 Å². The molecular weight excluding hydrogens is 356 g/mol. The molecule has 1 aliphatic heterocycles. The number of aromatic nitrogens is 1. The number of hydrogen-bond acceptors (Lipinski definition) is 5. The van der Waals surface area contributed by atoms with E-state index in [1.54, 1.807) is 18.2 Å². The van der Waals surface area contributed by atoms with Gasteiger partial charge < -0.3 is 9.31 Å². The first-order valence-electron chi connectivity index (χ1n) is 9.73. The predicted molar refractivity (Wildman–Crippen MR) is 112 cm³/mol. The van der Waals surface area contributed by atoms with Crippen LogP contribution < -0.4 is 16.3 Å². The van der Waals surface area contributed by atoms with Crippen molar-refractivity contribution in [2.75, 3.05) is 5.01 Å². The normalized spacial score (nSPS) is 17.8. The largest absolute Gasteiger partial charge is 0.494 e. The molecule has 1 fully saturated rings. The Balaban J connectivity index is 1.98. The van der Waals surface area contributed by atoms with Gasteiger partial charge in [0, 0.05) is 0 Å². The van der Waals surface area contributed by atoms with E-state index in [4.69, 9.17) is 15.2 Å². The highest BCUT2D eigenvalue weighted by Crippen LogP contribution is 2.37. The zero-order chi connectivity index (χ0) is 20.5. The van der Waals surface area contributed by atoms with Crippen molar-refractivity contribution in [1.82, 2.24) is 4.98 Å². The van der Waals surface area contributed by atoms with E-state index in [-0.39, 0.29) is 0 Å². The molecule has 0 radical (unpaired) electrons. The molecule has 7 heteroatoms. The van der Waals surface area contributed by atoms with E-state index in [9.17, 15) is 4.39 Å². The Kier molecular flexibility index (Phi) is 5.80. The predicted octanol–water partition coefficient (Wildman–Crippen LogP) is 3.81. The molecule has 0 saturated carbocycles. The molecule has 1 saturated heterocycles. The maximum atomic E-state index is 13.0. The molecule has 3 rings (SSSR count). The monoisotopic (exact) mass is 385 g/mol. The first-order valence-corrected chi connectivity index (χ1v) is 9.73. The highest BCUT2D eigenvalue weighted by atomic mass is 19.1. The van der Waals surface area contributed by atoms with Crippen molar-refractivity contribution in [2.45, 2.75) is 65.3 Å². The number of alkyl halides is 1. The summed E-state index contributed by atoms with van der Waals surface area (Å²) < 4.78 is 25.4. The van der Waals surface area contributed by atoms with Gasteiger partial charge in [0.2, 0.25) is 0 Å². The van der Waals surface area contributed by atoms with Crippen LogP contribution in [-0.2, 0) is 22.4 Å². The van der Waals surface area contributed by atoms with Crippen LogP contribution in [0.3, 0.4) is 0 Å². The molecule has 150 valence electrons. The van der Waals surface area contributed by atoms with E-state index in [0.29, 0.717) is 11.5 Å². The highest BCUT2D eigenvalue weighted by Gasteiger charge is 2.51. The molecule has 2 aromatic rings. The van der Waals surface area contributed by atoms with E-state index in [1.165, 1.54) is 5.01 Å². The number of benzene rings is 1. The fourth-order valence-corrected chi connectivity index (χ4v) is 3.21. The van der Waals surface area contributed by atoms with Crippen LogP contribution in [0.1, 0.15) is 52.3 Å². The van der Waals surface area contributed by atoms with Crippen LogP contribution in [0.2, 0.25) is 0 Å². The standard InChI is InChI=1S/C21H29BFN3O2/c1-6-8-15-11-12-16(22-27-20(2,3)21(4,5)28-22)13-18(15)26(24)19-10-7-9-17(14-23)25-19/h7,9-13H,6,8,14,24H2,1-5H3. The van der Waals surface area contributed by atoms with Crippen molar-refractivity contribution in [3.63, 3.8) is 0 Å². The lowest BCUT2D eigenvalue weighted by atomic mass is 9.78. The number of aryl methyl sites for hydroxylation is 1. The Morgan fingerprint density at radius 2 is 1.79 bits per heavy atom. The number of hydrogen-bond donors (Lipinski definition) is 1. The second-order valence-electron chi connectivity index (χ2n) is 8.22. The minimum absolute atomic E-state index is 0.354. The van der Waals surface area contributed by atoms with Crippen LogP contribution in [0.15, 0.2) is 36.4 Å². The summed E-state index contributed by atoms with van der Waals surface area (Å²) in [6, 6.07) is 11.2. The fourth-order valence-electron chi connectivity index (χ4n) is 3.21. The molecule has 0 bridgehead atoms. The topological polar surface area (TPSA) is 60.6 Å². The number of rotatable bonds is 6. The van der Waals surface area contributed by atoms with Gasteiger partial charge in [-0.15, -0.1) is 0 Å². The van der Waals surface area contributed by atoms with Crippen LogP contribution in [0, 0.1) is 0 Å². The average molecular weight is 385 g/mol. The van der Waals surface area contributed by atoms with Gasteiger partial charge in [0.1, 0.15) is 12.5 Å². The van der Waals surface area contributed by atoms with Gasteiger partial charge in [-0.1, -0.05) is 31.5 Å². The van der Waals surface area contributed by atoms with Crippen LogP contribution >= 0.6 is 0 Å². The summed E-state index contributed by atoms with van der Waals surface area (Å²) in [5.74, 6) is 6.91. The van der Waals surface area contributed by atoms with Crippen LogP contribution in [0.5, 0.6) is 0 Å². The lowest BCUT2D eigenvalue weighted by molar-refractivity contribution is 0.00578. The number of hydrazine groups is 1. The van der Waals surface area contributed by atoms with Crippen molar-refractivity contribution >= 4 is 24.1 Å². The zero-order valence-electron chi connectivity index (χ0n) is 17.3. The Bertz CT molecular complexity index is 828. The minimum Gasteiger partial charge on any atom is -0.399 e. The molecule has 0 atom stereocenters. The lowest BCUT2D eigenvalue weighted by Gasteiger charge is -2.32. The summed E-state index contributed by atoms with van der Waals surface area (Å²) in [6.07, 6.45) is 1.85. The Labute approximate surface area is 167 Å². The van der Waals surface area contributed by atoms with E-state index in [1.807, 2.05) is 39.8 Å². The second kappa shape index (κ2) is 7.81. The van der Waals surface area contributed by atoms with E-state index in [2.05, 4.69) is 18.0 Å². The van der Waals surface area contributed by atoms with Gasteiger partial charge in [-0.05, 0) is 63.3 Å². The summed E-state index contributed by atoms with van der Waals surface area (Å²) in [7, 11) is -0.474. The number of nitrogens with zero attached hydrogens (tertiary/aromatic N) is 2. The summed E-state index contributed by atoms with van der Waals surface area (Å²) in [6.45, 7) is 9.61. The molecule has 2 N–H and O–H groups in total. The smallest absolute Gasteiger partial charge is 0.399 e. The third kappa shape index (κ3) is 3.92. The minimum atomic E-state index is -0.628. The molecule has 0 unspecified atom stereocenters. The summed E-state index contributed by atoms with van der Waals surface area (Å²) >= 11 is 0. The first-order chi connectivity index (χ1) is 13.2. The number of pyridine rings is 1. The van der Waals surface area contributed by atoms with Crippen molar-refractivity contribution in [1.29, 1.82) is 0 Å². The Hall–Kier alpha value is -1.96. The van der Waals surface area contributed by atoms with Gasteiger partial charge in [-0.3, -0.25) is 5.01 Å². The molecule has 0 amide bonds. The quantitative estimate of drug-likeness (QED) is 0.466. The maximum Gasteiger partial charge on any atom is 0.494 e. The number of anilines is 2. The second-order valence-corrected chi connectivity index (χ2v) is 8.22. The van der Waals surface area contributed by atoms with Gasteiger partial charge in [0.15, 0.2) is 0 Å². The molecule has 28 heavy (non-hydrogen) atoms. The van der Waals surface area contributed by atoms with Gasteiger partial charge in [0.05, 0.1) is 22.6 Å². The van der Waals surface area contributed by atoms with Crippen LogP contribution in [0.4, 0.5) is 15.9 Å². The van der Waals surface area contributed by atoms with E-state index >= 15 is 0 Å². The molecular formula is C21H29BFN3O2. The molecule has 2 heterocycles. The number of nitrogens with two attached hydrogens (primary N) is 1. The summed E-state index contributed by atoms with van der Waals surface area (Å²) in [5.41, 5.74) is 2.33. The van der Waals surface area contributed by atoms with Crippen LogP contribution in [-0.4, -0.2) is 23.3 Å². The summed E-state index contributed by atoms with van der Waals surface area (Å²) in [4.78, 5) is 4.31.